The molecule has 0 fully saturated rings. The number of nitrogens with zero attached hydrogens (tertiary/aromatic N) is 2. The standard InChI is InChI=1S/C14H17N3O2/c1-17(2)9-8-15-13(18)12-10-16-14(19-12)11-6-4-3-5-7-11/h3-7,10H,8-9H2,1-2H3,(H,15,18). The minimum absolute atomic E-state index is 0.234. The van der Waals surface area contributed by atoms with Crippen LogP contribution in [0.5, 0.6) is 0 Å². The van der Waals surface area contributed by atoms with Crippen molar-refractivity contribution in [3.8, 4) is 11.5 Å². The van der Waals surface area contributed by atoms with Gasteiger partial charge in [0.1, 0.15) is 0 Å². The molecule has 0 bridgehead atoms. The van der Waals surface area contributed by atoms with E-state index in [1.54, 1.807) is 0 Å². The van der Waals surface area contributed by atoms with Gasteiger partial charge in [-0.15, -0.1) is 0 Å². The lowest BCUT2D eigenvalue weighted by Crippen LogP contribution is -2.31. The van der Waals surface area contributed by atoms with Crippen molar-refractivity contribution < 1.29 is 9.21 Å². The molecular formula is C14H17N3O2. The van der Waals surface area contributed by atoms with E-state index in [4.69, 9.17) is 4.42 Å². The van der Waals surface area contributed by atoms with E-state index >= 15 is 0 Å². The fourth-order valence-electron chi connectivity index (χ4n) is 1.57. The molecule has 0 aliphatic rings. The summed E-state index contributed by atoms with van der Waals surface area (Å²) in [5.74, 6) is 0.451. The number of nitrogens with one attached hydrogen (secondary N) is 1. The van der Waals surface area contributed by atoms with Crippen LogP contribution in [0.2, 0.25) is 0 Å². The third kappa shape index (κ3) is 3.66. The zero-order valence-corrected chi connectivity index (χ0v) is 11.1. The summed E-state index contributed by atoms with van der Waals surface area (Å²) in [6.45, 7) is 1.36. The van der Waals surface area contributed by atoms with Gasteiger partial charge in [-0.25, -0.2) is 4.98 Å². The van der Waals surface area contributed by atoms with Gasteiger partial charge in [0, 0.05) is 18.7 Å². The molecule has 5 heteroatoms. The Labute approximate surface area is 112 Å². The minimum Gasteiger partial charge on any atom is -0.431 e. The van der Waals surface area contributed by atoms with Crippen LogP contribution in [-0.4, -0.2) is 43.0 Å². The van der Waals surface area contributed by atoms with E-state index in [0.29, 0.717) is 12.4 Å². The van der Waals surface area contributed by atoms with Crippen molar-refractivity contribution in [3.05, 3.63) is 42.3 Å². The first kappa shape index (κ1) is 13.3. The highest BCUT2D eigenvalue weighted by Crippen LogP contribution is 2.18. The molecule has 1 heterocycles. The van der Waals surface area contributed by atoms with E-state index in [1.807, 2.05) is 49.3 Å². The highest BCUT2D eigenvalue weighted by Gasteiger charge is 2.12. The molecule has 1 aromatic heterocycles. The number of amides is 1. The monoisotopic (exact) mass is 259 g/mol. The molecule has 0 aliphatic carbocycles. The molecule has 0 spiro atoms. The second-order valence-electron chi connectivity index (χ2n) is 4.45. The maximum Gasteiger partial charge on any atom is 0.288 e. The van der Waals surface area contributed by atoms with Gasteiger partial charge in [0.25, 0.3) is 5.91 Å². The van der Waals surface area contributed by atoms with Crippen molar-refractivity contribution in [3.63, 3.8) is 0 Å². The molecule has 2 aromatic rings. The predicted molar refractivity (Wildman–Crippen MR) is 72.8 cm³/mol. The molecule has 2 rings (SSSR count). The van der Waals surface area contributed by atoms with Gasteiger partial charge in [0.15, 0.2) is 0 Å². The summed E-state index contributed by atoms with van der Waals surface area (Å²) in [6.07, 6.45) is 1.45. The summed E-state index contributed by atoms with van der Waals surface area (Å²) >= 11 is 0. The number of carbonyl (C=O) groups excluding carboxylic acids is 1. The van der Waals surface area contributed by atoms with Crippen molar-refractivity contribution in [2.75, 3.05) is 27.2 Å². The van der Waals surface area contributed by atoms with Gasteiger partial charge in [-0.05, 0) is 26.2 Å². The lowest BCUT2D eigenvalue weighted by molar-refractivity contribution is 0.0924. The molecule has 100 valence electrons. The predicted octanol–water partition coefficient (Wildman–Crippen LogP) is 1.63. The smallest absolute Gasteiger partial charge is 0.288 e. The minimum atomic E-state index is -0.239. The Bertz CT molecular complexity index is 535. The van der Waals surface area contributed by atoms with Gasteiger partial charge in [0.05, 0.1) is 6.20 Å². The highest BCUT2D eigenvalue weighted by atomic mass is 16.4. The van der Waals surface area contributed by atoms with Gasteiger partial charge in [-0.3, -0.25) is 4.79 Å². The normalized spacial score (nSPS) is 10.7. The van der Waals surface area contributed by atoms with Gasteiger partial charge >= 0.3 is 0 Å². The summed E-state index contributed by atoms with van der Waals surface area (Å²) in [7, 11) is 3.90. The molecule has 19 heavy (non-hydrogen) atoms. The maximum absolute atomic E-state index is 11.8. The molecular weight excluding hydrogens is 242 g/mol. The van der Waals surface area contributed by atoms with Crippen molar-refractivity contribution in [1.82, 2.24) is 15.2 Å². The molecule has 1 N–H and O–H groups in total. The topological polar surface area (TPSA) is 58.4 Å². The lowest BCUT2D eigenvalue weighted by atomic mass is 10.2. The third-order valence-electron chi connectivity index (χ3n) is 2.59. The average Bonchev–Trinajstić information content (AvgIpc) is 2.89. The molecule has 1 aromatic carbocycles. The summed E-state index contributed by atoms with van der Waals surface area (Å²) in [4.78, 5) is 17.9. The largest absolute Gasteiger partial charge is 0.431 e. The van der Waals surface area contributed by atoms with E-state index in [2.05, 4.69) is 10.3 Å². The molecule has 0 aliphatic heterocycles. The Balaban J connectivity index is 1.99. The Kier molecular flexibility index (Phi) is 4.30. The average molecular weight is 259 g/mol. The van der Waals surface area contributed by atoms with Crippen LogP contribution in [0.15, 0.2) is 40.9 Å². The van der Waals surface area contributed by atoms with Crippen LogP contribution in [0.25, 0.3) is 11.5 Å². The summed E-state index contributed by atoms with van der Waals surface area (Å²) in [5.41, 5.74) is 0.856. The van der Waals surface area contributed by atoms with Crippen LogP contribution in [0, 0.1) is 0 Å². The molecule has 0 saturated carbocycles. The van der Waals surface area contributed by atoms with E-state index < -0.39 is 0 Å². The van der Waals surface area contributed by atoms with Gasteiger partial charge in [-0.1, -0.05) is 18.2 Å². The Morgan fingerprint density at radius 3 is 2.74 bits per heavy atom. The first-order valence-electron chi connectivity index (χ1n) is 6.11. The van der Waals surface area contributed by atoms with Crippen LogP contribution in [0.1, 0.15) is 10.6 Å². The number of carbonyl (C=O) groups is 1. The quantitative estimate of drug-likeness (QED) is 0.886. The van der Waals surface area contributed by atoms with Crippen molar-refractivity contribution in [1.29, 1.82) is 0 Å². The fourth-order valence-corrected chi connectivity index (χ4v) is 1.57. The fraction of sp³-hybridized carbons (Fsp3) is 0.286. The van der Waals surface area contributed by atoms with Crippen molar-refractivity contribution in [2.45, 2.75) is 0 Å². The van der Waals surface area contributed by atoms with Crippen molar-refractivity contribution in [2.24, 2.45) is 0 Å². The highest BCUT2D eigenvalue weighted by molar-refractivity contribution is 5.91. The summed E-state index contributed by atoms with van der Waals surface area (Å²) in [5, 5.41) is 2.78. The molecule has 0 unspecified atom stereocenters. The van der Waals surface area contributed by atoms with E-state index in [9.17, 15) is 4.79 Å². The summed E-state index contributed by atoms with van der Waals surface area (Å²) < 4.78 is 5.45. The molecule has 0 saturated heterocycles. The molecule has 0 radical (unpaired) electrons. The zero-order chi connectivity index (χ0) is 13.7. The second kappa shape index (κ2) is 6.15. The lowest BCUT2D eigenvalue weighted by Gasteiger charge is -2.09. The third-order valence-corrected chi connectivity index (χ3v) is 2.59. The maximum atomic E-state index is 11.8. The first-order chi connectivity index (χ1) is 9.16. The second-order valence-corrected chi connectivity index (χ2v) is 4.45. The Hall–Kier alpha value is -2.14. The SMILES string of the molecule is CN(C)CCNC(=O)c1cnc(-c2ccccc2)o1. The number of hydrogen-bond acceptors (Lipinski definition) is 4. The molecule has 0 atom stereocenters. The number of hydrogen-bond donors (Lipinski definition) is 1. The van der Waals surface area contributed by atoms with Crippen LogP contribution in [0.4, 0.5) is 0 Å². The van der Waals surface area contributed by atoms with E-state index in [0.717, 1.165) is 12.1 Å². The zero-order valence-electron chi connectivity index (χ0n) is 11.1. The number of likely N-dealkylation sites (N-methyl/N-ethyl adjacent to an activating group) is 1. The van der Waals surface area contributed by atoms with E-state index in [1.165, 1.54) is 6.20 Å². The van der Waals surface area contributed by atoms with Crippen LogP contribution >= 0.6 is 0 Å². The molecule has 5 nitrogen and oxygen atoms in total. The van der Waals surface area contributed by atoms with Crippen LogP contribution in [-0.2, 0) is 0 Å². The number of benzene rings is 1. The van der Waals surface area contributed by atoms with Crippen molar-refractivity contribution >= 4 is 5.91 Å². The Morgan fingerprint density at radius 1 is 1.32 bits per heavy atom. The first-order valence-corrected chi connectivity index (χ1v) is 6.11. The van der Waals surface area contributed by atoms with Gasteiger partial charge in [-0.2, -0.15) is 0 Å². The summed E-state index contributed by atoms with van der Waals surface area (Å²) in [6, 6.07) is 9.49. The molecule has 1 amide bonds. The van der Waals surface area contributed by atoms with Gasteiger partial charge < -0.3 is 14.6 Å². The number of rotatable bonds is 5. The van der Waals surface area contributed by atoms with Crippen LogP contribution < -0.4 is 5.32 Å². The van der Waals surface area contributed by atoms with E-state index in [-0.39, 0.29) is 11.7 Å². The number of aromatic nitrogens is 1. The van der Waals surface area contributed by atoms with Crippen LogP contribution in [0.3, 0.4) is 0 Å². The van der Waals surface area contributed by atoms with Gasteiger partial charge in [0.2, 0.25) is 11.7 Å². The Morgan fingerprint density at radius 2 is 2.05 bits per heavy atom. The number of oxazole rings is 1.